The van der Waals surface area contributed by atoms with Gasteiger partial charge in [-0.2, -0.15) is 9.97 Å². The number of rotatable bonds is 7. The predicted octanol–water partition coefficient (Wildman–Crippen LogP) is 2.86. The Morgan fingerprint density at radius 3 is 2.58 bits per heavy atom. The molecular weight excluding hydrogens is 400 g/mol. The van der Waals surface area contributed by atoms with Gasteiger partial charge in [0.2, 0.25) is 11.8 Å². The molecule has 1 amide bonds. The maximum absolute atomic E-state index is 13.0. The highest BCUT2D eigenvalue weighted by Gasteiger charge is 2.30. The van der Waals surface area contributed by atoms with Crippen LogP contribution in [0.1, 0.15) is 22.6 Å². The summed E-state index contributed by atoms with van der Waals surface area (Å²) in [6, 6.07) is 10.8. The quantitative estimate of drug-likeness (QED) is 0.571. The first-order valence-electron chi connectivity index (χ1n) is 9.96. The van der Waals surface area contributed by atoms with E-state index < -0.39 is 0 Å². The van der Waals surface area contributed by atoms with Gasteiger partial charge in [0.15, 0.2) is 5.82 Å². The molecule has 0 saturated carbocycles. The van der Waals surface area contributed by atoms with E-state index in [9.17, 15) is 4.79 Å². The van der Waals surface area contributed by atoms with Crippen molar-refractivity contribution in [3.05, 3.63) is 47.8 Å². The van der Waals surface area contributed by atoms with Gasteiger partial charge in [0.25, 0.3) is 11.8 Å². The van der Waals surface area contributed by atoms with Gasteiger partial charge in [-0.05, 0) is 42.7 Å². The van der Waals surface area contributed by atoms with Crippen LogP contribution in [0, 0.1) is 5.92 Å². The molecule has 31 heavy (non-hydrogen) atoms. The minimum absolute atomic E-state index is 0.110. The minimum atomic E-state index is -0.110. The third-order valence-electron chi connectivity index (χ3n) is 5.32. The van der Waals surface area contributed by atoms with Crippen LogP contribution in [0.3, 0.4) is 0 Å². The van der Waals surface area contributed by atoms with Gasteiger partial charge in [-0.15, -0.1) is 0 Å². The fourth-order valence-corrected chi connectivity index (χ4v) is 3.66. The van der Waals surface area contributed by atoms with Crippen LogP contribution in [0.15, 0.2) is 40.9 Å². The Morgan fingerprint density at radius 1 is 1.06 bits per heavy atom. The van der Waals surface area contributed by atoms with Gasteiger partial charge in [-0.1, -0.05) is 5.16 Å². The molecule has 3 heterocycles. The van der Waals surface area contributed by atoms with Crippen molar-refractivity contribution in [2.75, 3.05) is 34.4 Å². The zero-order valence-electron chi connectivity index (χ0n) is 17.7. The third-order valence-corrected chi connectivity index (χ3v) is 5.32. The summed E-state index contributed by atoms with van der Waals surface area (Å²) in [6.45, 7) is 1.27. The molecule has 1 aromatic carbocycles. The Kier molecular flexibility index (Phi) is 6.01. The number of aromatic nitrogens is 3. The summed E-state index contributed by atoms with van der Waals surface area (Å²) < 4.78 is 21.0. The lowest BCUT2D eigenvalue weighted by Gasteiger charge is -2.17. The van der Waals surface area contributed by atoms with Crippen LogP contribution >= 0.6 is 0 Å². The predicted molar refractivity (Wildman–Crippen MR) is 111 cm³/mol. The van der Waals surface area contributed by atoms with Crippen molar-refractivity contribution >= 4 is 5.91 Å². The molecule has 1 aliphatic heterocycles. The average Bonchev–Trinajstić information content (AvgIpc) is 3.48. The fourth-order valence-electron chi connectivity index (χ4n) is 3.66. The Morgan fingerprint density at radius 2 is 1.87 bits per heavy atom. The lowest BCUT2D eigenvalue weighted by molar-refractivity contribution is 0.0782. The zero-order chi connectivity index (χ0) is 21.8. The summed E-state index contributed by atoms with van der Waals surface area (Å²) in [6.07, 6.45) is 1.51. The van der Waals surface area contributed by atoms with Gasteiger partial charge in [-0.25, -0.2) is 0 Å². The normalized spacial score (nSPS) is 15.7. The standard InChI is InChI=1S/C22H24N4O5/c1-28-16-6-4-15(5-7-16)20-23-18(25-31-20)12-14-10-11-26(13-14)22(27)17-8-9-19(29-2)24-21(17)30-3/h4-9,14H,10-13H2,1-3H3. The Balaban J connectivity index is 1.39. The fraction of sp³-hybridized carbons (Fsp3) is 0.364. The molecule has 4 rings (SSSR count). The smallest absolute Gasteiger partial charge is 0.259 e. The van der Waals surface area contributed by atoms with Crippen molar-refractivity contribution < 1.29 is 23.5 Å². The summed E-state index contributed by atoms with van der Waals surface area (Å²) in [5.41, 5.74) is 1.26. The van der Waals surface area contributed by atoms with E-state index in [-0.39, 0.29) is 17.7 Å². The number of nitrogens with zero attached hydrogens (tertiary/aromatic N) is 4. The number of likely N-dealkylation sites (tertiary alicyclic amines) is 1. The highest BCUT2D eigenvalue weighted by Crippen LogP contribution is 2.27. The molecule has 0 radical (unpaired) electrons. The van der Waals surface area contributed by atoms with Crippen LogP contribution in [0.25, 0.3) is 11.5 Å². The minimum Gasteiger partial charge on any atom is -0.497 e. The second kappa shape index (κ2) is 9.03. The van der Waals surface area contributed by atoms with Gasteiger partial charge in [0.1, 0.15) is 11.3 Å². The molecule has 9 nitrogen and oxygen atoms in total. The maximum Gasteiger partial charge on any atom is 0.259 e. The Hall–Kier alpha value is -3.62. The van der Waals surface area contributed by atoms with Crippen molar-refractivity contribution in [2.24, 2.45) is 5.92 Å². The van der Waals surface area contributed by atoms with E-state index >= 15 is 0 Å². The summed E-state index contributed by atoms with van der Waals surface area (Å²) >= 11 is 0. The SMILES string of the molecule is COc1ccc(-c2nc(CC3CCN(C(=O)c4ccc(OC)nc4OC)C3)no2)cc1. The lowest BCUT2D eigenvalue weighted by atomic mass is 10.0. The van der Waals surface area contributed by atoms with Crippen molar-refractivity contribution in [2.45, 2.75) is 12.8 Å². The Bertz CT molecular complexity index is 1050. The Labute approximate surface area is 179 Å². The van der Waals surface area contributed by atoms with E-state index in [0.29, 0.717) is 42.7 Å². The zero-order valence-corrected chi connectivity index (χ0v) is 17.7. The van der Waals surface area contributed by atoms with E-state index in [1.54, 1.807) is 24.1 Å². The lowest BCUT2D eigenvalue weighted by Crippen LogP contribution is -2.29. The number of ether oxygens (including phenoxy) is 3. The molecule has 0 bridgehead atoms. The molecule has 3 aromatic rings. The topological polar surface area (TPSA) is 99.8 Å². The van der Waals surface area contributed by atoms with Crippen molar-refractivity contribution in [1.29, 1.82) is 0 Å². The first-order chi connectivity index (χ1) is 15.1. The molecule has 9 heteroatoms. The number of benzene rings is 1. The van der Waals surface area contributed by atoms with Crippen molar-refractivity contribution in [3.63, 3.8) is 0 Å². The molecule has 2 aromatic heterocycles. The summed E-state index contributed by atoms with van der Waals surface area (Å²) in [4.78, 5) is 23.5. The highest BCUT2D eigenvalue weighted by atomic mass is 16.5. The van der Waals surface area contributed by atoms with Crippen LogP contribution in [0.5, 0.6) is 17.5 Å². The maximum atomic E-state index is 13.0. The number of carbonyl (C=O) groups is 1. The van der Waals surface area contributed by atoms with Crippen LogP contribution in [0.4, 0.5) is 0 Å². The number of carbonyl (C=O) groups excluding carboxylic acids is 1. The molecule has 0 N–H and O–H groups in total. The monoisotopic (exact) mass is 424 g/mol. The molecule has 1 unspecified atom stereocenters. The van der Waals surface area contributed by atoms with Crippen molar-refractivity contribution in [3.8, 4) is 29.0 Å². The summed E-state index contributed by atoms with van der Waals surface area (Å²) in [5, 5.41) is 4.11. The average molecular weight is 424 g/mol. The van der Waals surface area contributed by atoms with Gasteiger partial charge in [0, 0.05) is 31.1 Å². The number of hydrogen-bond donors (Lipinski definition) is 0. The van der Waals surface area contributed by atoms with E-state index in [1.807, 2.05) is 24.3 Å². The molecule has 1 aliphatic rings. The molecule has 0 spiro atoms. The van der Waals surface area contributed by atoms with Gasteiger partial charge in [0.05, 0.1) is 21.3 Å². The number of pyridine rings is 1. The number of methoxy groups -OCH3 is 3. The van der Waals surface area contributed by atoms with Gasteiger partial charge >= 0.3 is 0 Å². The summed E-state index contributed by atoms with van der Waals surface area (Å²) in [5.74, 6) is 2.67. The second-order valence-electron chi connectivity index (χ2n) is 7.26. The summed E-state index contributed by atoms with van der Waals surface area (Å²) in [7, 11) is 4.63. The molecule has 1 fully saturated rings. The van der Waals surface area contributed by atoms with E-state index in [0.717, 1.165) is 17.7 Å². The highest BCUT2D eigenvalue weighted by molar-refractivity contribution is 5.96. The van der Waals surface area contributed by atoms with E-state index in [4.69, 9.17) is 18.7 Å². The van der Waals surface area contributed by atoms with Gasteiger partial charge in [-0.3, -0.25) is 4.79 Å². The molecular formula is C22H24N4O5. The van der Waals surface area contributed by atoms with Crippen LogP contribution < -0.4 is 14.2 Å². The van der Waals surface area contributed by atoms with E-state index in [1.165, 1.54) is 14.2 Å². The molecule has 1 saturated heterocycles. The molecule has 162 valence electrons. The van der Waals surface area contributed by atoms with Crippen LogP contribution in [-0.4, -0.2) is 60.4 Å². The van der Waals surface area contributed by atoms with Crippen LogP contribution in [0.2, 0.25) is 0 Å². The third kappa shape index (κ3) is 4.45. The number of hydrogen-bond acceptors (Lipinski definition) is 8. The van der Waals surface area contributed by atoms with Crippen molar-refractivity contribution in [1.82, 2.24) is 20.0 Å². The van der Waals surface area contributed by atoms with E-state index in [2.05, 4.69) is 15.1 Å². The van der Waals surface area contributed by atoms with Crippen LogP contribution in [-0.2, 0) is 6.42 Å². The largest absolute Gasteiger partial charge is 0.497 e. The first kappa shape index (κ1) is 20.6. The first-order valence-corrected chi connectivity index (χ1v) is 9.96. The molecule has 0 aliphatic carbocycles. The number of amides is 1. The molecule has 1 atom stereocenters. The second-order valence-corrected chi connectivity index (χ2v) is 7.26. The van der Waals surface area contributed by atoms with Gasteiger partial charge < -0.3 is 23.6 Å².